The van der Waals surface area contributed by atoms with Gasteiger partial charge in [0.05, 0.1) is 25.4 Å². The lowest BCUT2D eigenvalue weighted by Crippen LogP contribution is -2.45. The van der Waals surface area contributed by atoms with Crippen LogP contribution in [0.5, 0.6) is 0 Å². The Labute approximate surface area is 546 Å². The van der Waals surface area contributed by atoms with Crippen molar-refractivity contribution in [3.63, 3.8) is 0 Å². The molecule has 0 spiro atoms. The maximum Gasteiger partial charge on any atom is 0.305 e. The molecule has 87 heavy (non-hydrogen) atoms. The maximum atomic E-state index is 12.5. The molecule has 0 aliphatic heterocycles. The van der Waals surface area contributed by atoms with E-state index in [9.17, 15) is 19.8 Å². The number of nitrogens with one attached hydrogen (secondary N) is 1. The maximum absolute atomic E-state index is 12.5. The highest BCUT2D eigenvalue weighted by atomic mass is 16.5. The zero-order valence-electron chi connectivity index (χ0n) is 59.5. The summed E-state index contributed by atoms with van der Waals surface area (Å²) in [6.07, 6.45) is 97.7. The zero-order chi connectivity index (χ0) is 62.8. The standard InChI is InChI=1S/C81H159NO5/c1-3-5-7-9-11-13-15-17-19-21-23-35-38-41-45-49-53-57-61-65-69-73-79(84)78(77-83)82-80(85)74-70-66-62-58-54-50-46-42-39-36-33-31-29-27-25-24-26-28-30-32-34-37-40-44-48-52-56-60-64-68-72-76-87-81(86)75-71-67-63-59-55-51-47-43-22-20-18-16-14-12-10-8-6-4-2/h69,73,78-79,83-84H,3-68,70-72,74-77H2,1-2H3,(H,82,85)/b73-69+. The van der Waals surface area contributed by atoms with E-state index in [0.717, 1.165) is 38.5 Å². The summed E-state index contributed by atoms with van der Waals surface area (Å²) in [5, 5.41) is 23.3. The molecular formula is C81H159NO5. The van der Waals surface area contributed by atoms with Gasteiger partial charge in [-0.15, -0.1) is 0 Å². The van der Waals surface area contributed by atoms with Gasteiger partial charge < -0.3 is 20.3 Å². The second-order valence-electron chi connectivity index (χ2n) is 28.1. The summed E-state index contributed by atoms with van der Waals surface area (Å²) in [7, 11) is 0. The smallest absolute Gasteiger partial charge is 0.305 e. The molecule has 6 nitrogen and oxygen atoms in total. The number of carbonyl (C=O) groups excluding carboxylic acids is 2. The molecular weight excluding hydrogens is 1070 g/mol. The van der Waals surface area contributed by atoms with Crippen LogP contribution < -0.4 is 5.32 Å². The van der Waals surface area contributed by atoms with Gasteiger partial charge in [0.15, 0.2) is 0 Å². The topological polar surface area (TPSA) is 95.9 Å². The molecule has 2 unspecified atom stereocenters. The van der Waals surface area contributed by atoms with E-state index in [1.54, 1.807) is 6.08 Å². The van der Waals surface area contributed by atoms with Crippen molar-refractivity contribution < 1.29 is 24.5 Å². The molecule has 0 aliphatic rings. The van der Waals surface area contributed by atoms with Crippen LogP contribution in [0.25, 0.3) is 0 Å². The number of carbonyl (C=O) groups is 2. The number of hydrogen-bond acceptors (Lipinski definition) is 5. The molecule has 0 radical (unpaired) electrons. The van der Waals surface area contributed by atoms with Crippen LogP contribution >= 0.6 is 0 Å². The summed E-state index contributed by atoms with van der Waals surface area (Å²) in [5.41, 5.74) is 0. The highest BCUT2D eigenvalue weighted by Gasteiger charge is 2.18. The molecule has 0 heterocycles. The van der Waals surface area contributed by atoms with E-state index in [2.05, 4.69) is 19.2 Å². The van der Waals surface area contributed by atoms with Crippen molar-refractivity contribution in [3.05, 3.63) is 12.2 Å². The van der Waals surface area contributed by atoms with E-state index in [1.807, 2.05) is 6.08 Å². The van der Waals surface area contributed by atoms with E-state index in [0.29, 0.717) is 19.4 Å². The Morgan fingerprint density at radius 3 is 0.782 bits per heavy atom. The first kappa shape index (κ1) is 85.6. The SMILES string of the molecule is CCCCCCCCCCCCCCCCCCCCC/C=C/C(O)C(CO)NC(=O)CCCCCCCCCCCCCCCCCCCCCCCCCCCCCCCCCOC(=O)CCCCCCCCCCCCCCCCCCCC. The Bertz CT molecular complexity index is 1320. The number of allylic oxidation sites excluding steroid dienone is 1. The number of rotatable bonds is 77. The summed E-state index contributed by atoms with van der Waals surface area (Å²) < 4.78 is 5.52. The second kappa shape index (κ2) is 77.1. The van der Waals surface area contributed by atoms with Crippen LogP contribution in [0.3, 0.4) is 0 Å². The van der Waals surface area contributed by atoms with Crippen LogP contribution in [0.2, 0.25) is 0 Å². The number of hydrogen-bond donors (Lipinski definition) is 3. The van der Waals surface area contributed by atoms with Gasteiger partial charge in [-0.2, -0.15) is 0 Å². The van der Waals surface area contributed by atoms with Crippen LogP contribution in [0.4, 0.5) is 0 Å². The van der Waals surface area contributed by atoms with Gasteiger partial charge in [0.25, 0.3) is 0 Å². The molecule has 0 aromatic rings. The Kier molecular flexibility index (Phi) is 75.8. The third kappa shape index (κ3) is 73.5. The Morgan fingerprint density at radius 1 is 0.310 bits per heavy atom. The molecule has 518 valence electrons. The van der Waals surface area contributed by atoms with Crippen molar-refractivity contribution in [2.24, 2.45) is 0 Å². The molecule has 2 atom stereocenters. The van der Waals surface area contributed by atoms with Crippen molar-refractivity contribution in [3.8, 4) is 0 Å². The summed E-state index contributed by atoms with van der Waals surface area (Å²) in [4.78, 5) is 24.7. The molecule has 0 aliphatic carbocycles. The number of esters is 1. The first-order chi connectivity index (χ1) is 43.0. The normalized spacial score (nSPS) is 12.5. The largest absolute Gasteiger partial charge is 0.466 e. The molecule has 6 heteroatoms. The predicted molar refractivity (Wildman–Crippen MR) is 384 cm³/mol. The highest BCUT2D eigenvalue weighted by molar-refractivity contribution is 5.76. The van der Waals surface area contributed by atoms with Crippen LogP contribution in [-0.2, 0) is 14.3 Å². The van der Waals surface area contributed by atoms with Gasteiger partial charge >= 0.3 is 5.97 Å². The number of aliphatic hydroxyl groups is 2. The quantitative estimate of drug-likeness (QED) is 0.0320. The van der Waals surface area contributed by atoms with Crippen LogP contribution in [0.15, 0.2) is 12.2 Å². The van der Waals surface area contributed by atoms with Crippen molar-refractivity contribution in [1.82, 2.24) is 5.32 Å². The molecule has 0 aromatic heterocycles. The summed E-state index contributed by atoms with van der Waals surface area (Å²) in [6, 6.07) is -0.625. The average Bonchev–Trinajstić information content (AvgIpc) is 3.53. The van der Waals surface area contributed by atoms with E-state index >= 15 is 0 Å². The Balaban J connectivity index is 3.33. The monoisotopic (exact) mass is 1230 g/mol. The summed E-state index contributed by atoms with van der Waals surface area (Å²) >= 11 is 0. The number of amides is 1. The fourth-order valence-corrected chi connectivity index (χ4v) is 13.2. The van der Waals surface area contributed by atoms with Gasteiger partial charge in [-0.1, -0.05) is 437 Å². The van der Waals surface area contributed by atoms with Gasteiger partial charge in [0.2, 0.25) is 5.91 Å². The van der Waals surface area contributed by atoms with Crippen molar-refractivity contribution in [2.45, 2.75) is 482 Å². The minimum atomic E-state index is -0.842. The van der Waals surface area contributed by atoms with Crippen LogP contribution in [0, 0.1) is 0 Å². The lowest BCUT2D eigenvalue weighted by molar-refractivity contribution is -0.143. The molecule has 0 aromatic carbocycles. The van der Waals surface area contributed by atoms with Crippen LogP contribution in [-0.4, -0.2) is 47.4 Å². The molecule has 1 amide bonds. The first-order valence-corrected chi connectivity index (χ1v) is 40.5. The summed E-state index contributed by atoms with van der Waals surface area (Å²) in [5.74, 6) is -0.0322. The van der Waals surface area contributed by atoms with Gasteiger partial charge in [-0.3, -0.25) is 9.59 Å². The zero-order valence-corrected chi connectivity index (χ0v) is 59.5. The molecule has 0 saturated carbocycles. The van der Waals surface area contributed by atoms with E-state index in [1.165, 1.54) is 405 Å². The van der Waals surface area contributed by atoms with Crippen molar-refractivity contribution in [1.29, 1.82) is 0 Å². The van der Waals surface area contributed by atoms with E-state index in [4.69, 9.17) is 4.74 Å². The van der Waals surface area contributed by atoms with E-state index < -0.39 is 12.1 Å². The minimum Gasteiger partial charge on any atom is -0.466 e. The predicted octanol–water partition coefficient (Wildman–Crippen LogP) is 26.7. The van der Waals surface area contributed by atoms with Gasteiger partial charge in [-0.05, 0) is 32.1 Å². The molecule has 0 saturated heterocycles. The van der Waals surface area contributed by atoms with Crippen molar-refractivity contribution >= 4 is 11.9 Å². The second-order valence-corrected chi connectivity index (χ2v) is 28.1. The molecule has 0 fully saturated rings. The summed E-state index contributed by atoms with van der Waals surface area (Å²) in [6.45, 7) is 4.97. The van der Waals surface area contributed by atoms with E-state index in [-0.39, 0.29) is 18.5 Å². The van der Waals surface area contributed by atoms with Crippen molar-refractivity contribution in [2.75, 3.05) is 13.2 Å². The highest BCUT2D eigenvalue weighted by Crippen LogP contribution is 2.20. The lowest BCUT2D eigenvalue weighted by Gasteiger charge is -2.20. The molecule has 0 bridgehead atoms. The third-order valence-corrected chi connectivity index (χ3v) is 19.3. The molecule has 0 rings (SSSR count). The van der Waals surface area contributed by atoms with Gasteiger partial charge in [0.1, 0.15) is 0 Å². The minimum absolute atomic E-state index is 0.0262. The number of unbranched alkanes of at least 4 members (excludes halogenated alkanes) is 66. The van der Waals surface area contributed by atoms with Gasteiger partial charge in [-0.25, -0.2) is 0 Å². The number of aliphatic hydroxyl groups excluding tert-OH is 2. The third-order valence-electron chi connectivity index (χ3n) is 19.3. The molecule has 3 N–H and O–H groups in total. The fourth-order valence-electron chi connectivity index (χ4n) is 13.2. The number of ether oxygens (including phenoxy) is 1. The Morgan fingerprint density at radius 2 is 0.529 bits per heavy atom. The average molecular weight is 1230 g/mol. The first-order valence-electron chi connectivity index (χ1n) is 40.5. The Hall–Kier alpha value is -1.40. The van der Waals surface area contributed by atoms with Crippen LogP contribution in [0.1, 0.15) is 470 Å². The fraction of sp³-hybridized carbons (Fsp3) is 0.951. The lowest BCUT2D eigenvalue weighted by atomic mass is 10.0. The van der Waals surface area contributed by atoms with Gasteiger partial charge in [0, 0.05) is 12.8 Å².